The third kappa shape index (κ3) is 2.50. The summed E-state index contributed by atoms with van der Waals surface area (Å²) in [6.07, 6.45) is 0. The highest BCUT2D eigenvalue weighted by Gasteiger charge is 2.29. The molecule has 0 fully saturated rings. The van der Waals surface area contributed by atoms with Crippen LogP contribution >= 0.6 is 0 Å². The van der Waals surface area contributed by atoms with Crippen LogP contribution in [0.25, 0.3) is 0 Å². The van der Waals surface area contributed by atoms with Crippen molar-refractivity contribution in [3.8, 4) is 5.75 Å². The Labute approximate surface area is 132 Å². The molecular weight excluding hydrogens is 274 g/mol. The van der Waals surface area contributed by atoms with E-state index < -0.39 is 0 Å². The zero-order valence-corrected chi connectivity index (χ0v) is 13.4. The number of hydrogen-bond donors (Lipinski definition) is 1. The van der Waals surface area contributed by atoms with E-state index in [9.17, 15) is 0 Å². The number of benzene rings is 2. The van der Waals surface area contributed by atoms with Crippen molar-refractivity contribution in [3.05, 3.63) is 53.6 Å². The van der Waals surface area contributed by atoms with Crippen LogP contribution in [0.15, 0.2) is 42.5 Å². The molecule has 0 spiro atoms. The summed E-state index contributed by atoms with van der Waals surface area (Å²) in [6, 6.07) is 15.0. The van der Waals surface area contributed by atoms with Gasteiger partial charge in [-0.25, -0.2) is 0 Å². The molecule has 1 atom stereocenters. The first kappa shape index (κ1) is 14.7. The van der Waals surface area contributed by atoms with Crippen LogP contribution < -0.4 is 20.3 Å². The van der Waals surface area contributed by atoms with Crippen LogP contribution in [0.1, 0.15) is 17.2 Å². The second-order valence-corrected chi connectivity index (χ2v) is 5.86. The minimum Gasteiger partial charge on any atom is -0.497 e. The van der Waals surface area contributed by atoms with Crippen molar-refractivity contribution >= 4 is 11.4 Å². The van der Waals surface area contributed by atoms with E-state index in [0.29, 0.717) is 6.54 Å². The van der Waals surface area contributed by atoms with Gasteiger partial charge in [-0.15, -0.1) is 0 Å². The van der Waals surface area contributed by atoms with Gasteiger partial charge in [0, 0.05) is 44.6 Å². The summed E-state index contributed by atoms with van der Waals surface area (Å²) in [5, 5.41) is 0. The Kier molecular flexibility index (Phi) is 3.94. The molecular formula is C18H23N3O. The monoisotopic (exact) mass is 297 g/mol. The largest absolute Gasteiger partial charge is 0.497 e. The zero-order valence-electron chi connectivity index (χ0n) is 13.4. The van der Waals surface area contributed by atoms with E-state index >= 15 is 0 Å². The lowest BCUT2D eigenvalue weighted by Crippen LogP contribution is -2.27. The van der Waals surface area contributed by atoms with E-state index in [0.717, 1.165) is 18.0 Å². The van der Waals surface area contributed by atoms with E-state index in [1.54, 1.807) is 7.11 Å². The minimum absolute atomic E-state index is 0.210. The van der Waals surface area contributed by atoms with Gasteiger partial charge >= 0.3 is 0 Å². The van der Waals surface area contributed by atoms with Crippen LogP contribution in [0.3, 0.4) is 0 Å². The Morgan fingerprint density at radius 3 is 2.73 bits per heavy atom. The molecule has 0 aliphatic carbocycles. The zero-order chi connectivity index (χ0) is 15.7. The number of fused-ring (bicyclic) bond motifs is 1. The molecule has 3 rings (SSSR count). The molecule has 116 valence electrons. The Hall–Kier alpha value is -2.20. The molecule has 0 saturated carbocycles. The first-order valence-electron chi connectivity index (χ1n) is 7.55. The van der Waals surface area contributed by atoms with Crippen molar-refractivity contribution in [1.82, 2.24) is 0 Å². The molecule has 1 heterocycles. The highest BCUT2D eigenvalue weighted by molar-refractivity contribution is 5.60. The summed E-state index contributed by atoms with van der Waals surface area (Å²) in [5.41, 5.74) is 11.1. The number of nitrogens with two attached hydrogens (primary N) is 1. The summed E-state index contributed by atoms with van der Waals surface area (Å²) >= 11 is 0. The van der Waals surface area contributed by atoms with Gasteiger partial charge in [-0.2, -0.15) is 0 Å². The standard InChI is InChI=1S/C18H23N3O/c1-20(2)14-8-7-13-12-21(18(11-19)17(13)10-14)15-5-4-6-16(9-15)22-3/h4-10,18H,11-12,19H2,1-3H3. The SMILES string of the molecule is COc1cccc(N2Cc3ccc(N(C)C)cc3C2CN)c1. The van der Waals surface area contributed by atoms with Gasteiger partial charge in [-0.05, 0) is 35.4 Å². The van der Waals surface area contributed by atoms with Crippen LogP contribution in [0.4, 0.5) is 11.4 Å². The molecule has 0 bridgehead atoms. The van der Waals surface area contributed by atoms with Gasteiger partial charge in [-0.1, -0.05) is 12.1 Å². The molecule has 0 amide bonds. The van der Waals surface area contributed by atoms with Crippen LogP contribution in [0.5, 0.6) is 5.75 Å². The van der Waals surface area contributed by atoms with E-state index in [4.69, 9.17) is 10.5 Å². The van der Waals surface area contributed by atoms with Crippen molar-refractivity contribution in [2.75, 3.05) is 37.5 Å². The first-order valence-corrected chi connectivity index (χ1v) is 7.55. The van der Waals surface area contributed by atoms with Crippen molar-refractivity contribution in [1.29, 1.82) is 0 Å². The fourth-order valence-corrected chi connectivity index (χ4v) is 3.09. The molecule has 22 heavy (non-hydrogen) atoms. The molecule has 1 aliphatic rings. The molecule has 0 radical (unpaired) electrons. The Balaban J connectivity index is 1.98. The van der Waals surface area contributed by atoms with Gasteiger partial charge in [0.15, 0.2) is 0 Å². The van der Waals surface area contributed by atoms with Gasteiger partial charge in [0.2, 0.25) is 0 Å². The lowest BCUT2D eigenvalue weighted by Gasteiger charge is -2.26. The molecule has 1 aliphatic heterocycles. The molecule has 2 aromatic carbocycles. The number of rotatable bonds is 4. The lowest BCUT2D eigenvalue weighted by atomic mass is 10.0. The van der Waals surface area contributed by atoms with Crippen LogP contribution in [0.2, 0.25) is 0 Å². The summed E-state index contributed by atoms with van der Waals surface area (Å²) < 4.78 is 5.35. The summed E-state index contributed by atoms with van der Waals surface area (Å²) in [4.78, 5) is 4.48. The first-order chi connectivity index (χ1) is 10.6. The van der Waals surface area contributed by atoms with Crippen LogP contribution in [0, 0.1) is 0 Å². The number of hydrogen-bond acceptors (Lipinski definition) is 4. The fourth-order valence-electron chi connectivity index (χ4n) is 3.09. The second-order valence-electron chi connectivity index (χ2n) is 5.86. The maximum absolute atomic E-state index is 6.09. The van der Waals surface area contributed by atoms with Crippen molar-refractivity contribution < 1.29 is 4.74 Å². The van der Waals surface area contributed by atoms with Crippen molar-refractivity contribution in [3.63, 3.8) is 0 Å². The smallest absolute Gasteiger partial charge is 0.120 e. The average Bonchev–Trinajstić information content (AvgIpc) is 2.92. The molecule has 0 saturated heterocycles. The van der Waals surface area contributed by atoms with E-state index in [-0.39, 0.29) is 6.04 Å². The number of ether oxygens (including phenoxy) is 1. The quantitative estimate of drug-likeness (QED) is 0.942. The highest BCUT2D eigenvalue weighted by atomic mass is 16.5. The molecule has 2 N–H and O–H groups in total. The Morgan fingerprint density at radius 1 is 1.23 bits per heavy atom. The average molecular weight is 297 g/mol. The summed E-state index contributed by atoms with van der Waals surface area (Å²) in [7, 11) is 5.82. The summed E-state index contributed by atoms with van der Waals surface area (Å²) in [5.74, 6) is 0.873. The maximum atomic E-state index is 6.09. The minimum atomic E-state index is 0.210. The Morgan fingerprint density at radius 2 is 2.05 bits per heavy atom. The predicted molar refractivity (Wildman–Crippen MR) is 91.7 cm³/mol. The number of nitrogens with zero attached hydrogens (tertiary/aromatic N) is 2. The van der Waals surface area contributed by atoms with Crippen molar-refractivity contribution in [2.45, 2.75) is 12.6 Å². The van der Waals surface area contributed by atoms with Crippen LogP contribution in [-0.4, -0.2) is 27.7 Å². The highest BCUT2D eigenvalue weighted by Crippen LogP contribution is 2.39. The van der Waals surface area contributed by atoms with Gasteiger partial charge < -0.3 is 20.3 Å². The van der Waals surface area contributed by atoms with Crippen molar-refractivity contribution in [2.24, 2.45) is 5.73 Å². The molecule has 4 heteroatoms. The van der Waals surface area contributed by atoms with Crippen LogP contribution in [-0.2, 0) is 6.54 Å². The predicted octanol–water partition coefficient (Wildman–Crippen LogP) is 2.78. The molecule has 1 unspecified atom stereocenters. The van der Waals surface area contributed by atoms with Gasteiger partial charge in [-0.3, -0.25) is 0 Å². The van der Waals surface area contributed by atoms with E-state index in [2.05, 4.69) is 54.2 Å². The maximum Gasteiger partial charge on any atom is 0.120 e. The third-order valence-corrected chi connectivity index (χ3v) is 4.33. The van der Waals surface area contributed by atoms with Gasteiger partial charge in [0.05, 0.1) is 13.2 Å². The molecule has 0 aromatic heterocycles. The van der Waals surface area contributed by atoms with Gasteiger partial charge in [0.25, 0.3) is 0 Å². The number of methoxy groups -OCH3 is 1. The normalized spacial score (nSPS) is 16.5. The third-order valence-electron chi connectivity index (χ3n) is 4.33. The summed E-state index contributed by atoms with van der Waals surface area (Å²) in [6.45, 7) is 1.49. The molecule has 4 nitrogen and oxygen atoms in total. The van der Waals surface area contributed by atoms with E-state index in [1.807, 2.05) is 12.1 Å². The van der Waals surface area contributed by atoms with Gasteiger partial charge in [0.1, 0.15) is 5.75 Å². The van der Waals surface area contributed by atoms with E-state index in [1.165, 1.54) is 16.8 Å². The second kappa shape index (κ2) is 5.89. The fraction of sp³-hybridized carbons (Fsp3) is 0.333. The topological polar surface area (TPSA) is 41.7 Å². The molecule has 2 aromatic rings. The number of anilines is 2. The lowest BCUT2D eigenvalue weighted by molar-refractivity contribution is 0.414. The Bertz CT molecular complexity index is 669.